The van der Waals surface area contributed by atoms with Gasteiger partial charge in [-0.3, -0.25) is 19.5 Å². The van der Waals surface area contributed by atoms with Crippen molar-refractivity contribution in [2.45, 2.75) is 46.2 Å². The third-order valence-electron chi connectivity index (χ3n) is 6.15. The monoisotopic (exact) mass is 445 g/mol. The van der Waals surface area contributed by atoms with E-state index in [4.69, 9.17) is 0 Å². The molecule has 1 aromatic carbocycles. The number of hydrogen-bond donors (Lipinski definition) is 2. The Morgan fingerprint density at radius 2 is 2.00 bits per heavy atom. The Hall–Kier alpha value is -3.32. The van der Waals surface area contributed by atoms with Gasteiger partial charge in [-0.1, -0.05) is 31.2 Å². The van der Waals surface area contributed by atoms with Crippen LogP contribution >= 0.6 is 0 Å². The van der Waals surface area contributed by atoms with E-state index in [0.29, 0.717) is 23.6 Å². The van der Waals surface area contributed by atoms with Crippen molar-refractivity contribution in [1.82, 2.24) is 25.2 Å². The van der Waals surface area contributed by atoms with E-state index >= 15 is 0 Å². The Labute approximate surface area is 194 Å². The number of H-pyrrole nitrogens is 1. The summed E-state index contributed by atoms with van der Waals surface area (Å²) in [6, 6.07) is 12.0. The number of nitrogens with zero attached hydrogens (tertiary/aromatic N) is 3. The number of nitrogens with one attached hydrogen (secondary N) is 2. The molecule has 0 radical (unpaired) electrons. The molecule has 0 spiro atoms. The standard InChI is InChI=1S/C26H31N5O2/c1-18-5-4-12-31(16-18)17-21-9-7-20(8-10-21)14-28-24(32)13-23-19(2)29-25(30-26(23)33)22-6-3-11-27-15-22/h3,6-11,15,18H,4-5,12-14,16-17H2,1-2H3,(H,28,32)(H,29,30,33). The van der Waals surface area contributed by atoms with E-state index in [1.165, 1.54) is 24.9 Å². The van der Waals surface area contributed by atoms with Gasteiger partial charge in [-0.25, -0.2) is 4.98 Å². The molecule has 33 heavy (non-hydrogen) atoms. The van der Waals surface area contributed by atoms with E-state index in [-0.39, 0.29) is 17.9 Å². The molecule has 3 aromatic rings. The Morgan fingerprint density at radius 1 is 1.21 bits per heavy atom. The minimum Gasteiger partial charge on any atom is -0.352 e. The zero-order chi connectivity index (χ0) is 23.2. The Balaban J connectivity index is 1.31. The number of aromatic nitrogens is 3. The van der Waals surface area contributed by atoms with Crippen molar-refractivity contribution in [2.24, 2.45) is 5.92 Å². The quantitative estimate of drug-likeness (QED) is 0.583. The lowest BCUT2D eigenvalue weighted by atomic mass is 9.99. The highest BCUT2D eigenvalue weighted by Crippen LogP contribution is 2.18. The fourth-order valence-corrected chi connectivity index (χ4v) is 4.33. The number of carbonyl (C=O) groups excluding carboxylic acids is 1. The van der Waals surface area contributed by atoms with Gasteiger partial charge < -0.3 is 10.3 Å². The largest absolute Gasteiger partial charge is 0.352 e. The first-order chi connectivity index (χ1) is 16.0. The Kier molecular flexibility index (Phi) is 7.29. The van der Waals surface area contributed by atoms with E-state index in [1.807, 2.05) is 6.07 Å². The molecule has 0 aliphatic carbocycles. The molecule has 1 aliphatic heterocycles. The van der Waals surface area contributed by atoms with Gasteiger partial charge in [0.1, 0.15) is 5.82 Å². The fraction of sp³-hybridized carbons (Fsp3) is 0.385. The minimum atomic E-state index is -0.298. The molecule has 2 N–H and O–H groups in total. The summed E-state index contributed by atoms with van der Waals surface area (Å²) in [5.74, 6) is 1.02. The summed E-state index contributed by atoms with van der Waals surface area (Å²) < 4.78 is 0. The van der Waals surface area contributed by atoms with Gasteiger partial charge in [-0.05, 0) is 55.5 Å². The van der Waals surface area contributed by atoms with Crippen LogP contribution < -0.4 is 10.9 Å². The normalized spacial score (nSPS) is 16.5. The van der Waals surface area contributed by atoms with Crippen LogP contribution in [0.15, 0.2) is 53.6 Å². The first kappa shape index (κ1) is 22.9. The number of amides is 1. The van der Waals surface area contributed by atoms with Crippen LogP contribution in [0.2, 0.25) is 0 Å². The molecule has 1 unspecified atom stereocenters. The van der Waals surface area contributed by atoms with Crippen LogP contribution in [0, 0.1) is 12.8 Å². The minimum absolute atomic E-state index is 0.00723. The van der Waals surface area contributed by atoms with E-state index in [9.17, 15) is 9.59 Å². The summed E-state index contributed by atoms with van der Waals surface area (Å²) >= 11 is 0. The summed E-state index contributed by atoms with van der Waals surface area (Å²) in [4.78, 5) is 38.9. The Bertz CT molecular complexity index is 1140. The third kappa shape index (κ3) is 6.14. The molecule has 1 aliphatic rings. The molecule has 0 bridgehead atoms. The molecule has 0 saturated carbocycles. The molecule has 7 heteroatoms. The van der Waals surface area contributed by atoms with Crippen LogP contribution in [-0.4, -0.2) is 38.8 Å². The van der Waals surface area contributed by atoms with Crippen molar-refractivity contribution in [3.05, 3.63) is 81.5 Å². The second-order valence-electron chi connectivity index (χ2n) is 8.97. The van der Waals surface area contributed by atoms with Crippen LogP contribution in [0.4, 0.5) is 0 Å². The van der Waals surface area contributed by atoms with Crippen molar-refractivity contribution < 1.29 is 4.79 Å². The maximum Gasteiger partial charge on any atom is 0.255 e. The summed E-state index contributed by atoms with van der Waals surface area (Å²) in [6.45, 7) is 7.80. The maximum absolute atomic E-state index is 12.6. The highest BCUT2D eigenvalue weighted by atomic mass is 16.2. The molecular formula is C26H31N5O2. The molecule has 7 nitrogen and oxygen atoms in total. The van der Waals surface area contributed by atoms with Gasteiger partial charge in [-0.15, -0.1) is 0 Å². The third-order valence-corrected chi connectivity index (χ3v) is 6.15. The SMILES string of the molecule is Cc1nc(-c2cccnc2)[nH]c(=O)c1CC(=O)NCc1ccc(CN2CCCC(C)C2)cc1. The molecule has 1 atom stereocenters. The summed E-state index contributed by atoms with van der Waals surface area (Å²) in [5, 5.41) is 2.91. The van der Waals surface area contributed by atoms with Crippen molar-refractivity contribution in [1.29, 1.82) is 0 Å². The second kappa shape index (κ2) is 10.5. The van der Waals surface area contributed by atoms with Crippen molar-refractivity contribution >= 4 is 5.91 Å². The number of aromatic amines is 1. The summed E-state index contributed by atoms with van der Waals surface area (Å²) in [5.41, 5.74) is 3.69. The molecule has 1 amide bonds. The summed E-state index contributed by atoms with van der Waals surface area (Å²) in [6.07, 6.45) is 5.89. The molecule has 3 heterocycles. The van der Waals surface area contributed by atoms with E-state index < -0.39 is 0 Å². The van der Waals surface area contributed by atoms with Crippen LogP contribution in [0.3, 0.4) is 0 Å². The molecule has 1 saturated heterocycles. The molecule has 2 aromatic heterocycles. The smallest absolute Gasteiger partial charge is 0.255 e. The van der Waals surface area contributed by atoms with Gasteiger partial charge in [0.15, 0.2) is 0 Å². The van der Waals surface area contributed by atoms with Gasteiger partial charge in [0.05, 0.1) is 6.42 Å². The number of pyridine rings is 1. The number of piperidine rings is 1. The number of likely N-dealkylation sites (tertiary alicyclic amines) is 1. The zero-order valence-corrected chi connectivity index (χ0v) is 19.3. The van der Waals surface area contributed by atoms with E-state index in [2.05, 4.69) is 56.4 Å². The van der Waals surface area contributed by atoms with Crippen molar-refractivity contribution in [2.75, 3.05) is 13.1 Å². The number of hydrogen-bond acceptors (Lipinski definition) is 5. The summed E-state index contributed by atoms with van der Waals surface area (Å²) in [7, 11) is 0. The van der Waals surface area contributed by atoms with Gasteiger partial charge >= 0.3 is 0 Å². The predicted octanol–water partition coefficient (Wildman–Crippen LogP) is 3.23. The molecule has 4 rings (SSSR count). The van der Waals surface area contributed by atoms with Crippen LogP contribution in [0.25, 0.3) is 11.4 Å². The van der Waals surface area contributed by atoms with Gasteiger partial charge in [0, 0.05) is 48.8 Å². The lowest BCUT2D eigenvalue weighted by molar-refractivity contribution is -0.120. The number of benzene rings is 1. The zero-order valence-electron chi connectivity index (χ0n) is 19.3. The number of aryl methyl sites for hydroxylation is 1. The first-order valence-corrected chi connectivity index (χ1v) is 11.5. The van der Waals surface area contributed by atoms with E-state index in [1.54, 1.807) is 25.4 Å². The van der Waals surface area contributed by atoms with Gasteiger partial charge in [-0.2, -0.15) is 0 Å². The molecule has 172 valence electrons. The lowest BCUT2D eigenvalue weighted by Gasteiger charge is -2.30. The number of carbonyl (C=O) groups is 1. The second-order valence-corrected chi connectivity index (χ2v) is 8.97. The highest BCUT2D eigenvalue weighted by Gasteiger charge is 2.16. The molecular weight excluding hydrogens is 414 g/mol. The number of rotatable bonds is 7. The predicted molar refractivity (Wildman–Crippen MR) is 128 cm³/mol. The average Bonchev–Trinajstić information content (AvgIpc) is 2.81. The van der Waals surface area contributed by atoms with Crippen LogP contribution in [0.1, 0.15) is 42.1 Å². The average molecular weight is 446 g/mol. The topological polar surface area (TPSA) is 91.0 Å². The van der Waals surface area contributed by atoms with E-state index in [0.717, 1.165) is 30.1 Å². The Morgan fingerprint density at radius 3 is 2.70 bits per heavy atom. The first-order valence-electron chi connectivity index (χ1n) is 11.5. The van der Waals surface area contributed by atoms with Gasteiger partial charge in [0.25, 0.3) is 5.56 Å². The van der Waals surface area contributed by atoms with Crippen molar-refractivity contribution in [3.63, 3.8) is 0 Å². The van der Waals surface area contributed by atoms with Crippen LogP contribution in [0.5, 0.6) is 0 Å². The van der Waals surface area contributed by atoms with Gasteiger partial charge in [0.2, 0.25) is 5.91 Å². The molecule has 1 fully saturated rings. The highest BCUT2D eigenvalue weighted by molar-refractivity contribution is 5.78. The van der Waals surface area contributed by atoms with Crippen molar-refractivity contribution in [3.8, 4) is 11.4 Å². The fourth-order valence-electron chi connectivity index (χ4n) is 4.33. The van der Waals surface area contributed by atoms with Crippen LogP contribution in [-0.2, 0) is 24.3 Å². The lowest BCUT2D eigenvalue weighted by Crippen LogP contribution is -2.33. The maximum atomic E-state index is 12.6.